The lowest BCUT2D eigenvalue weighted by atomic mass is 9.65. The molecule has 2 unspecified atom stereocenters. The molecule has 1 N–H and O–H groups in total. The van der Waals surface area contributed by atoms with Crippen molar-refractivity contribution in [2.24, 2.45) is 11.8 Å². The minimum Gasteiger partial charge on any atom is -0.342 e. The predicted octanol–water partition coefficient (Wildman–Crippen LogP) is 2.74. The van der Waals surface area contributed by atoms with E-state index in [1.165, 1.54) is 36.8 Å². The molecule has 1 aromatic carbocycles. The van der Waals surface area contributed by atoms with Crippen LogP contribution in [0, 0.1) is 11.8 Å². The predicted molar refractivity (Wildman–Crippen MR) is 92.4 cm³/mol. The molecule has 3 aliphatic rings. The number of hydrogen-bond donors (Lipinski definition) is 1. The quantitative estimate of drug-likeness (QED) is 0.911. The van der Waals surface area contributed by atoms with Crippen LogP contribution in [0.5, 0.6) is 0 Å². The normalized spacial score (nSPS) is 29.0. The first-order valence-corrected chi connectivity index (χ1v) is 9.27. The second-order valence-electron chi connectivity index (χ2n) is 7.86. The van der Waals surface area contributed by atoms with Crippen molar-refractivity contribution in [3.8, 4) is 0 Å². The number of nitrogens with one attached hydrogen (secondary N) is 1. The Labute approximate surface area is 139 Å². The molecule has 2 aliphatic heterocycles. The Morgan fingerprint density at radius 1 is 1.26 bits per heavy atom. The van der Waals surface area contributed by atoms with Gasteiger partial charge in [-0.15, -0.1) is 0 Å². The molecule has 0 radical (unpaired) electrons. The Kier molecular flexibility index (Phi) is 3.92. The van der Waals surface area contributed by atoms with Crippen LogP contribution in [0.3, 0.4) is 0 Å². The van der Waals surface area contributed by atoms with E-state index >= 15 is 0 Å². The van der Waals surface area contributed by atoms with Gasteiger partial charge < -0.3 is 10.2 Å². The first kappa shape index (κ1) is 15.2. The summed E-state index contributed by atoms with van der Waals surface area (Å²) in [5.41, 5.74) is 3.27. The summed E-state index contributed by atoms with van der Waals surface area (Å²) in [7, 11) is 0. The number of hydrogen-bond acceptors (Lipinski definition) is 2. The minimum atomic E-state index is 0.172. The van der Waals surface area contributed by atoms with E-state index in [1.54, 1.807) is 0 Å². The molecule has 3 heteroatoms. The number of fused-ring (bicyclic) bond motifs is 2. The van der Waals surface area contributed by atoms with Crippen molar-refractivity contribution in [1.82, 2.24) is 10.2 Å². The van der Waals surface area contributed by atoms with Gasteiger partial charge in [0.25, 0.3) is 0 Å². The van der Waals surface area contributed by atoms with E-state index in [-0.39, 0.29) is 11.3 Å². The molecule has 23 heavy (non-hydrogen) atoms. The standard InChI is InChI=1S/C20H28N2O/c1-15(17-12-21-13-17)19(23)22-11-5-10-20(14-22)9-4-7-16-6-2-3-8-18(16)20/h2-3,6,8,15,17,21H,4-5,7,9-14H2,1H3. The van der Waals surface area contributed by atoms with Gasteiger partial charge in [-0.05, 0) is 62.2 Å². The van der Waals surface area contributed by atoms with Gasteiger partial charge in [0.05, 0.1) is 0 Å². The van der Waals surface area contributed by atoms with Crippen molar-refractivity contribution in [3.63, 3.8) is 0 Å². The molecule has 3 nitrogen and oxygen atoms in total. The lowest BCUT2D eigenvalue weighted by molar-refractivity contribution is -0.139. The van der Waals surface area contributed by atoms with Crippen LogP contribution in [0.15, 0.2) is 24.3 Å². The fourth-order valence-corrected chi connectivity index (χ4v) is 4.91. The Morgan fingerprint density at radius 2 is 2.04 bits per heavy atom. The second-order valence-corrected chi connectivity index (χ2v) is 7.86. The largest absolute Gasteiger partial charge is 0.342 e. The van der Waals surface area contributed by atoms with Crippen molar-refractivity contribution in [1.29, 1.82) is 0 Å². The van der Waals surface area contributed by atoms with Gasteiger partial charge in [0.2, 0.25) is 5.91 Å². The fraction of sp³-hybridized carbons (Fsp3) is 0.650. The summed E-state index contributed by atoms with van der Waals surface area (Å²) in [6.45, 7) is 6.04. The van der Waals surface area contributed by atoms with E-state index < -0.39 is 0 Å². The Bertz CT molecular complexity index is 595. The zero-order valence-electron chi connectivity index (χ0n) is 14.2. The number of likely N-dealkylation sites (tertiary alicyclic amines) is 1. The number of carbonyl (C=O) groups excluding carboxylic acids is 1. The molecular weight excluding hydrogens is 284 g/mol. The van der Waals surface area contributed by atoms with Gasteiger partial charge in [-0.25, -0.2) is 0 Å². The number of piperidine rings is 1. The molecule has 1 aromatic rings. The van der Waals surface area contributed by atoms with E-state index in [4.69, 9.17) is 0 Å². The van der Waals surface area contributed by atoms with Crippen LogP contribution in [0.4, 0.5) is 0 Å². The van der Waals surface area contributed by atoms with Crippen LogP contribution in [-0.2, 0) is 16.6 Å². The highest BCUT2D eigenvalue weighted by Gasteiger charge is 2.42. The van der Waals surface area contributed by atoms with E-state index in [2.05, 4.69) is 41.4 Å². The van der Waals surface area contributed by atoms with Gasteiger partial charge in [0, 0.05) is 24.4 Å². The molecule has 2 heterocycles. The summed E-state index contributed by atoms with van der Waals surface area (Å²) in [5.74, 6) is 1.10. The van der Waals surface area contributed by atoms with Crippen LogP contribution < -0.4 is 5.32 Å². The summed E-state index contributed by atoms with van der Waals surface area (Å²) >= 11 is 0. The molecule has 0 saturated carbocycles. The van der Waals surface area contributed by atoms with Gasteiger partial charge in [-0.2, -0.15) is 0 Å². The number of nitrogens with zero attached hydrogens (tertiary/aromatic N) is 1. The maximum Gasteiger partial charge on any atom is 0.225 e. The highest BCUT2D eigenvalue weighted by Crippen LogP contribution is 2.43. The summed E-state index contributed by atoms with van der Waals surface area (Å²) in [4.78, 5) is 15.2. The number of carbonyl (C=O) groups is 1. The summed E-state index contributed by atoms with van der Waals surface area (Å²) in [6.07, 6.45) is 6.10. The average Bonchev–Trinajstić information content (AvgIpc) is 2.53. The Balaban J connectivity index is 1.56. The number of aryl methyl sites for hydroxylation is 1. The Morgan fingerprint density at radius 3 is 2.83 bits per heavy atom. The van der Waals surface area contributed by atoms with Gasteiger partial charge >= 0.3 is 0 Å². The third-order valence-electron chi connectivity index (χ3n) is 6.49. The van der Waals surface area contributed by atoms with Crippen molar-refractivity contribution in [2.45, 2.75) is 44.4 Å². The Hall–Kier alpha value is -1.35. The van der Waals surface area contributed by atoms with Gasteiger partial charge in [-0.3, -0.25) is 4.79 Å². The van der Waals surface area contributed by atoms with Crippen molar-refractivity contribution >= 4 is 5.91 Å². The van der Waals surface area contributed by atoms with Crippen LogP contribution in [0.25, 0.3) is 0 Å². The van der Waals surface area contributed by atoms with Gasteiger partial charge in [0.15, 0.2) is 0 Å². The van der Waals surface area contributed by atoms with Crippen molar-refractivity contribution in [3.05, 3.63) is 35.4 Å². The topological polar surface area (TPSA) is 32.3 Å². The molecule has 2 atom stereocenters. The average molecular weight is 312 g/mol. The number of amides is 1. The monoisotopic (exact) mass is 312 g/mol. The van der Waals surface area contributed by atoms with E-state index in [1.807, 2.05) is 0 Å². The molecule has 1 aliphatic carbocycles. The molecule has 0 bridgehead atoms. The molecule has 1 spiro atoms. The van der Waals surface area contributed by atoms with Crippen LogP contribution in [-0.4, -0.2) is 37.0 Å². The lowest BCUT2D eigenvalue weighted by Crippen LogP contribution is -2.55. The third kappa shape index (κ3) is 2.59. The first-order chi connectivity index (χ1) is 11.2. The van der Waals surface area contributed by atoms with E-state index in [9.17, 15) is 4.79 Å². The SMILES string of the molecule is CC(C(=O)N1CCCC2(CCCc3ccccc32)C1)C1CNC1. The molecule has 4 rings (SSSR count). The summed E-state index contributed by atoms with van der Waals surface area (Å²) in [5, 5.41) is 3.30. The fourth-order valence-electron chi connectivity index (χ4n) is 4.91. The van der Waals surface area contributed by atoms with Crippen LogP contribution in [0.1, 0.15) is 43.7 Å². The minimum absolute atomic E-state index is 0.172. The number of rotatable bonds is 2. The first-order valence-electron chi connectivity index (χ1n) is 9.27. The summed E-state index contributed by atoms with van der Waals surface area (Å²) in [6, 6.07) is 8.95. The molecule has 1 amide bonds. The van der Waals surface area contributed by atoms with Crippen molar-refractivity contribution < 1.29 is 4.79 Å². The highest BCUT2D eigenvalue weighted by atomic mass is 16.2. The molecule has 124 valence electrons. The zero-order valence-corrected chi connectivity index (χ0v) is 14.2. The molecule has 2 saturated heterocycles. The maximum absolute atomic E-state index is 13.0. The third-order valence-corrected chi connectivity index (χ3v) is 6.49. The second kappa shape index (κ2) is 5.94. The van der Waals surface area contributed by atoms with Crippen molar-refractivity contribution in [2.75, 3.05) is 26.2 Å². The smallest absolute Gasteiger partial charge is 0.225 e. The van der Waals surface area contributed by atoms with Crippen LogP contribution in [0.2, 0.25) is 0 Å². The maximum atomic E-state index is 13.0. The van der Waals surface area contributed by atoms with Crippen LogP contribution >= 0.6 is 0 Å². The zero-order chi connectivity index (χ0) is 15.9. The molecule has 0 aromatic heterocycles. The van der Waals surface area contributed by atoms with Gasteiger partial charge in [0.1, 0.15) is 0 Å². The summed E-state index contributed by atoms with van der Waals surface area (Å²) < 4.78 is 0. The molecular formula is C20H28N2O. The van der Waals surface area contributed by atoms with E-state index in [0.29, 0.717) is 11.8 Å². The van der Waals surface area contributed by atoms with E-state index in [0.717, 1.165) is 32.6 Å². The van der Waals surface area contributed by atoms with Gasteiger partial charge in [-0.1, -0.05) is 31.2 Å². The highest BCUT2D eigenvalue weighted by molar-refractivity contribution is 5.79. The number of benzene rings is 1. The lowest BCUT2D eigenvalue weighted by Gasteiger charge is -2.47. The molecule has 2 fully saturated rings.